The van der Waals surface area contributed by atoms with E-state index in [1.54, 1.807) is 23.6 Å². The number of nitrogens with zero attached hydrogens (tertiary/aromatic N) is 1. The number of ether oxygens (including phenoxy) is 2. The van der Waals surface area contributed by atoms with Crippen LogP contribution in [0.15, 0.2) is 47.8 Å². The summed E-state index contributed by atoms with van der Waals surface area (Å²) in [6.07, 6.45) is -1.04. The van der Waals surface area contributed by atoms with Crippen molar-refractivity contribution in [1.29, 1.82) is 5.26 Å². The van der Waals surface area contributed by atoms with E-state index in [1.165, 1.54) is 18.3 Å². The van der Waals surface area contributed by atoms with Crippen LogP contribution in [0.2, 0.25) is 5.02 Å². The van der Waals surface area contributed by atoms with Crippen LogP contribution < -0.4 is 10.1 Å². The molecule has 28 heavy (non-hydrogen) atoms. The van der Waals surface area contributed by atoms with Crippen LogP contribution in [0.5, 0.6) is 5.75 Å². The molecule has 0 radical (unpaired) electrons. The molecule has 0 spiro atoms. The molecule has 0 aliphatic heterocycles. The molecule has 142 valence electrons. The van der Waals surface area contributed by atoms with E-state index in [9.17, 15) is 9.59 Å². The first-order valence-corrected chi connectivity index (χ1v) is 9.53. The van der Waals surface area contributed by atoms with Gasteiger partial charge in [-0.3, -0.25) is 4.79 Å². The maximum absolute atomic E-state index is 12.2. The monoisotopic (exact) mass is 414 g/mol. The van der Waals surface area contributed by atoms with Crippen molar-refractivity contribution in [3.05, 3.63) is 58.4 Å². The minimum Gasteiger partial charge on any atom is -0.481 e. The van der Waals surface area contributed by atoms with E-state index in [0.29, 0.717) is 21.3 Å². The fraction of sp³-hybridized carbons (Fsp3) is 0.150. The van der Waals surface area contributed by atoms with E-state index in [0.717, 1.165) is 10.8 Å². The standard InChI is InChI=1S/C20H15ClN2O4S/c1-12(19(25)23-20-13(10-22)8-9-28-20)27-18(24)11-26-17-7-6-16(21)14-4-2-3-5-15(14)17/h2-9,12H,11H2,1H3,(H,23,25)/t12-/m0/s1. The number of rotatable bonds is 6. The smallest absolute Gasteiger partial charge is 0.344 e. The summed E-state index contributed by atoms with van der Waals surface area (Å²) in [6.45, 7) is 1.09. The van der Waals surface area contributed by atoms with Gasteiger partial charge in [0.15, 0.2) is 12.7 Å². The number of benzene rings is 2. The van der Waals surface area contributed by atoms with Crippen molar-refractivity contribution in [3.63, 3.8) is 0 Å². The summed E-state index contributed by atoms with van der Waals surface area (Å²) in [5.74, 6) is -0.719. The lowest BCUT2D eigenvalue weighted by molar-refractivity contribution is -0.155. The minimum atomic E-state index is -1.04. The van der Waals surface area contributed by atoms with Crippen LogP contribution in [0.3, 0.4) is 0 Å². The van der Waals surface area contributed by atoms with Gasteiger partial charge in [0.25, 0.3) is 5.91 Å². The lowest BCUT2D eigenvalue weighted by atomic mass is 10.1. The Labute approximate surface area is 170 Å². The Morgan fingerprint density at radius 2 is 1.96 bits per heavy atom. The number of carbonyl (C=O) groups excluding carboxylic acids is 2. The number of amides is 1. The molecule has 6 nitrogen and oxygen atoms in total. The van der Waals surface area contributed by atoms with E-state index < -0.39 is 18.0 Å². The molecule has 1 aromatic heterocycles. The third-order valence-electron chi connectivity index (χ3n) is 3.88. The Kier molecular flexibility index (Phi) is 6.14. The number of nitriles is 1. The molecule has 0 aliphatic rings. The van der Waals surface area contributed by atoms with Gasteiger partial charge in [0.05, 0.1) is 5.56 Å². The predicted octanol–water partition coefficient (Wildman–Crippen LogP) is 4.38. The Balaban J connectivity index is 1.58. The minimum absolute atomic E-state index is 0.355. The van der Waals surface area contributed by atoms with E-state index in [2.05, 4.69) is 5.32 Å². The van der Waals surface area contributed by atoms with Crippen molar-refractivity contribution in [2.75, 3.05) is 11.9 Å². The second-order valence-corrected chi connectivity index (χ2v) is 7.10. The maximum Gasteiger partial charge on any atom is 0.344 e. The van der Waals surface area contributed by atoms with Crippen LogP contribution in [-0.2, 0) is 14.3 Å². The summed E-state index contributed by atoms with van der Waals surface area (Å²) in [5, 5.41) is 15.8. The van der Waals surface area contributed by atoms with Crippen LogP contribution in [0.4, 0.5) is 5.00 Å². The second kappa shape index (κ2) is 8.74. The van der Waals surface area contributed by atoms with Crippen LogP contribution >= 0.6 is 22.9 Å². The van der Waals surface area contributed by atoms with Gasteiger partial charge in [-0.15, -0.1) is 11.3 Å². The third kappa shape index (κ3) is 4.42. The van der Waals surface area contributed by atoms with Gasteiger partial charge in [-0.1, -0.05) is 35.9 Å². The number of nitrogens with one attached hydrogen (secondary N) is 1. The summed E-state index contributed by atoms with van der Waals surface area (Å²) >= 11 is 7.38. The molecule has 2 aromatic carbocycles. The maximum atomic E-state index is 12.2. The number of carbonyl (C=O) groups is 2. The van der Waals surface area contributed by atoms with Crippen molar-refractivity contribution < 1.29 is 19.1 Å². The van der Waals surface area contributed by atoms with E-state index in [-0.39, 0.29) is 6.61 Å². The SMILES string of the molecule is C[C@H](OC(=O)COc1ccc(Cl)c2ccccc12)C(=O)Nc1sccc1C#N. The van der Waals surface area contributed by atoms with Crippen molar-refractivity contribution >= 4 is 50.6 Å². The molecule has 0 fully saturated rings. The summed E-state index contributed by atoms with van der Waals surface area (Å²) in [4.78, 5) is 24.2. The molecule has 1 N–H and O–H groups in total. The van der Waals surface area contributed by atoms with Crippen LogP contribution in [0.1, 0.15) is 12.5 Å². The molecule has 0 bridgehead atoms. The van der Waals surface area contributed by atoms with Gasteiger partial charge in [0.1, 0.15) is 16.8 Å². The molecule has 8 heteroatoms. The van der Waals surface area contributed by atoms with Crippen LogP contribution in [0.25, 0.3) is 10.8 Å². The lowest BCUT2D eigenvalue weighted by Crippen LogP contribution is -2.31. The van der Waals surface area contributed by atoms with Gasteiger partial charge < -0.3 is 14.8 Å². The highest BCUT2D eigenvalue weighted by Gasteiger charge is 2.20. The van der Waals surface area contributed by atoms with Crippen LogP contribution in [-0.4, -0.2) is 24.6 Å². The van der Waals surface area contributed by atoms with Crippen LogP contribution in [0, 0.1) is 11.3 Å². The Morgan fingerprint density at radius 3 is 2.71 bits per heavy atom. The highest BCUT2D eigenvalue weighted by molar-refractivity contribution is 7.14. The fourth-order valence-corrected chi connectivity index (χ4v) is 3.46. The lowest BCUT2D eigenvalue weighted by Gasteiger charge is -2.14. The Morgan fingerprint density at radius 1 is 1.21 bits per heavy atom. The number of halogens is 1. The zero-order valence-corrected chi connectivity index (χ0v) is 16.3. The van der Waals surface area contributed by atoms with E-state index in [1.807, 2.05) is 30.3 Å². The summed E-state index contributed by atoms with van der Waals surface area (Å²) in [5.41, 5.74) is 0.356. The average molecular weight is 415 g/mol. The van der Waals surface area contributed by atoms with Gasteiger partial charge >= 0.3 is 5.97 Å². The summed E-state index contributed by atoms with van der Waals surface area (Å²) < 4.78 is 10.7. The van der Waals surface area contributed by atoms with E-state index >= 15 is 0 Å². The van der Waals surface area contributed by atoms with Crippen molar-refractivity contribution in [3.8, 4) is 11.8 Å². The van der Waals surface area contributed by atoms with Gasteiger partial charge in [0.2, 0.25) is 0 Å². The first kappa shape index (κ1) is 19.7. The molecule has 1 atom stereocenters. The molecule has 3 rings (SSSR count). The highest BCUT2D eigenvalue weighted by Crippen LogP contribution is 2.31. The van der Waals surface area contributed by atoms with E-state index in [4.69, 9.17) is 26.3 Å². The number of thiophene rings is 1. The molecular weight excluding hydrogens is 400 g/mol. The Hall–Kier alpha value is -3.08. The number of anilines is 1. The Bertz CT molecular complexity index is 1070. The molecule has 0 saturated carbocycles. The molecule has 1 heterocycles. The summed E-state index contributed by atoms with van der Waals surface area (Å²) in [6, 6.07) is 14.3. The number of fused-ring (bicyclic) bond motifs is 1. The van der Waals surface area contributed by atoms with Crippen molar-refractivity contribution in [1.82, 2.24) is 0 Å². The van der Waals surface area contributed by atoms with Gasteiger partial charge in [-0.2, -0.15) is 5.26 Å². The number of hydrogen-bond donors (Lipinski definition) is 1. The largest absolute Gasteiger partial charge is 0.481 e. The number of hydrogen-bond acceptors (Lipinski definition) is 6. The zero-order chi connectivity index (χ0) is 20.1. The highest BCUT2D eigenvalue weighted by atomic mass is 35.5. The van der Waals surface area contributed by atoms with Crippen molar-refractivity contribution in [2.24, 2.45) is 0 Å². The molecule has 0 saturated heterocycles. The third-order valence-corrected chi connectivity index (χ3v) is 5.04. The first-order chi connectivity index (χ1) is 13.5. The zero-order valence-electron chi connectivity index (χ0n) is 14.8. The fourth-order valence-electron chi connectivity index (χ4n) is 2.49. The second-order valence-electron chi connectivity index (χ2n) is 5.78. The first-order valence-electron chi connectivity index (χ1n) is 8.27. The normalized spacial score (nSPS) is 11.5. The summed E-state index contributed by atoms with van der Waals surface area (Å²) in [7, 11) is 0. The topological polar surface area (TPSA) is 88.4 Å². The van der Waals surface area contributed by atoms with Gasteiger partial charge in [0, 0.05) is 15.8 Å². The van der Waals surface area contributed by atoms with Gasteiger partial charge in [-0.05, 0) is 30.5 Å². The molecular formula is C20H15ClN2O4S. The molecule has 3 aromatic rings. The molecule has 0 aliphatic carbocycles. The molecule has 0 unspecified atom stereocenters. The van der Waals surface area contributed by atoms with Gasteiger partial charge in [-0.25, -0.2) is 4.79 Å². The molecule has 1 amide bonds. The quantitative estimate of drug-likeness (QED) is 0.605. The predicted molar refractivity (Wildman–Crippen MR) is 108 cm³/mol. The average Bonchev–Trinajstić information content (AvgIpc) is 3.14. The number of esters is 1. The van der Waals surface area contributed by atoms with Crippen molar-refractivity contribution in [2.45, 2.75) is 13.0 Å².